The van der Waals surface area contributed by atoms with Crippen LogP contribution in [0, 0.1) is 17.8 Å². The Labute approximate surface area is 248 Å². The van der Waals surface area contributed by atoms with Gasteiger partial charge >= 0.3 is 24.0 Å². The molecule has 3 rings (SSSR count). The number of carboxylic acids is 1. The predicted octanol–water partition coefficient (Wildman–Crippen LogP) is 1.60. The number of rotatable bonds is 13. The number of nitrogens with one attached hydrogen (secondary N) is 1. The molecule has 2 heterocycles. The van der Waals surface area contributed by atoms with E-state index in [-0.39, 0.29) is 25.5 Å². The molecule has 1 aromatic carbocycles. The zero-order valence-corrected chi connectivity index (χ0v) is 24.6. The van der Waals surface area contributed by atoms with Crippen molar-refractivity contribution in [2.24, 2.45) is 23.5 Å². The number of nitrogens with zero attached hydrogens (tertiary/aromatic N) is 3. The lowest BCUT2D eigenvalue weighted by atomic mass is 9.88. The topological polar surface area (TPSA) is 211 Å². The molecule has 0 radical (unpaired) electrons. The minimum atomic E-state index is -1.82. The molecule has 15 heteroatoms. The van der Waals surface area contributed by atoms with E-state index < -0.39 is 71.6 Å². The summed E-state index contributed by atoms with van der Waals surface area (Å²) in [5, 5.41) is 16.5. The maximum absolute atomic E-state index is 12.9. The van der Waals surface area contributed by atoms with Crippen molar-refractivity contribution in [1.82, 2.24) is 20.1 Å². The predicted molar refractivity (Wildman–Crippen MR) is 147 cm³/mol. The van der Waals surface area contributed by atoms with Gasteiger partial charge in [0, 0.05) is 6.42 Å². The summed E-state index contributed by atoms with van der Waals surface area (Å²) in [6.45, 7) is 7.61. The van der Waals surface area contributed by atoms with Crippen molar-refractivity contribution in [3.63, 3.8) is 0 Å². The molecule has 15 nitrogen and oxygen atoms in total. The van der Waals surface area contributed by atoms with Crippen LogP contribution in [0.4, 0.5) is 4.79 Å². The number of aliphatic carboxylic acids is 1. The molecule has 2 aromatic rings. The quantitative estimate of drug-likeness (QED) is 0.220. The van der Waals surface area contributed by atoms with Crippen molar-refractivity contribution in [1.29, 1.82) is 0 Å². The van der Waals surface area contributed by atoms with Gasteiger partial charge in [-0.2, -0.15) is 0 Å². The van der Waals surface area contributed by atoms with Gasteiger partial charge in [-0.25, -0.2) is 19.3 Å². The van der Waals surface area contributed by atoms with Gasteiger partial charge in [0.25, 0.3) is 5.91 Å². The molecule has 1 aromatic heterocycles. The summed E-state index contributed by atoms with van der Waals surface area (Å²) in [5.74, 6) is -6.03. The van der Waals surface area contributed by atoms with E-state index in [1.165, 1.54) is 6.92 Å². The Bertz CT molecular complexity index is 1310. The van der Waals surface area contributed by atoms with Crippen LogP contribution >= 0.6 is 0 Å². The lowest BCUT2D eigenvalue weighted by molar-refractivity contribution is -0.192. The van der Waals surface area contributed by atoms with E-state index in [0.717, 1.165) is 11.0 Å². The Morgan fingerprint density at radius 2 is 1.70 bits per heavy atom. The van der Waals surface area contributed by atoms with E-state index in [2.05, 4.69) is 15.4 Å². The van der Waals surface area contributed by atoms with Crippen molar-refractivity contribution in [2.75, 3.05) is 6.61 Å². The van der Waals surface area contributed by atoms with E-state index in [0.29, 0.717) is 5.56 Å². The number of benzene rings is 1. The second kappa shape index (κ2) is 14.1. The molecule has 1 aliphatic rings. The number of carbonyl (C=O) groups is 5. The standard InChI is InChI=1S/C28H37N5O10/c1-15(2)25(37)42-19-13-41-28(21(19)43-26(38)16(3)4,33-14-30-23(32-33)22(29)34)11-17(5)20(24(35)36)31-27(39)40-12-18-9-7-6-8-10-18/h6-10,14-17,19-21H,11-13H2,1-5H3,(H2,29,34)(H,31,39)(H,35,36)/t17?,19-,20?,21-,28-/m0/s1. The van der Waals surface area contributed by atoms with E-state index in [4.69, 9.17) is 24.7 Å². The van der Waals surface area contributed by atoms with Crippen molar-refractivity contribution in [3.05, 3.63) is 48.0 Å². The number of alkyl carbamates (subject to hydrolysis) is 1. The Kier molecular flexibility index (Phi) is 10.8. The van der Waals surface area contributed by atoms with Crippen molar-refractivity contribution < 1.29 is 48.0 Å². The molecule has 1 aliphatic heterocycles. The first kappa shape index (κ1) is 33.0. The Balaban J connectivity index is 1.96. The summed E-state index contributed by atoms with van der Waals surface area (Å²) in [6.07, 6.45) is -2.61. The second-order valence-electron chi connectivity index (χ2n) is 10.9. The van der Waals surface area contributed by atoms with Gasteiger partial charge in [-0.1, -0.05) is 65.0 Å². The van der Waals surface area contributed by atoms with Crippen LogP contribution in [0.15, 0.2) is 36.7 Å². The minimum absolute atomic E-state index is 0.0918. The molecule has 1 saturated heterocycles. The molecule has 4 N–H and O–H groups in total. The number of esters is 2. The molecule has 2 amide bonds. The molecule has 0 saturated carbocycles. The smallest absolute Gasteiger partial charge is 0.408 e. The fourth-order valence-electron chi connectivity index (χ4n) is 4.44. The van der Waals surface area contributed by atoms with Gasteiger partial charge in [-0.3, -0.25) is 14.4 Å². The summed E-state index contributed by atoms with van der Waals surface area (Å²) in [5.41, 5.74) is 4.23. The first-order valence-corrected chi connectivity index (χ1v) is 13.7. The van der Waals surface area contributed by atoms with E-state index in [1.807, 2.05) is 0 Å². The summed E-state index contributed by atoms with van der Waals surface area (Å²) in [7, 11) is 0. The largest absolute Gasteiger partial charge is 0.480 e. The monoisotopic (exact) mass is 603 g/mol. The molecule has 0 aliphatic carbocycles. The number of carbonyl (C=O) groups excluding carboxylic acids is 4. The van der Waals surface area contributed by atoms with Crippen LogP contribution < -0.4 is 11.1 Å². The van der Waals surface area contributed by atoms with Crippen molar-refractivity contribution in [3.8, 4) is 0 Å². The van der Waals surface area contributed by atoms with Gasteiger partial charge in [0.2, 0.25) is 11.5 Å². The highest BCUT2D eigenvalue weighted by Gasteiger charge is 2.58. The van der Waals surface area contributed by atoms with Gasteiger partial charge in [0.15, 0.2) is 12.2 Å². The maximum Gasteiger partial charge on any atom is 0.408 e. The summed E-state index contributed by atoms with van der Waals surface area (Å²) in [4.78, 5) is 66.1. The average molecular weight is 604 g/mol. The van der Waals surface area contributed by atoms with Gasteiger partial charge < -0.3 is 35.1 Å². The van der Waals surface area contributed by atoms with E-state index in [9.17, 15) is 29.1 Å². The van der Waals surface area contributed by atoms with Crippen LogP contribution in [-0.2, 0) is 45.7 Å². The average Bonchev–Trinajstić information content (AvgIpc) is 3.58. The molecule has 43 heavy (non-hydrogen) atoms. The van der Waals surface area contributed by atoms with Crippen LogP contribution in [-0.4, -0.2) is 74.6 Å². The Morgan fingerprint density at radius 1 is 1.07 bits per heavy atom. The molecule has 1 fully saturated rings. The molecular weight excluding hydrogens is 566 g/mol. The number of carboxylic acid groups (broad SMARTS) is 1. The molecule has 0 bridgehead atoms. The molecule has 234 valence electrons. The molecule has 0 spiro atoms. The van der Waals surface area contributed by atoms with Crippen LogP contribution in [0.3, 0.4) is 0 Å². The first-order valence-electron chi connectivity index (χ1n) is 13.7. The second-order valence-corrected chi connectivity index (χ2v) is 10.9. The molecule has 2 unspecified atom stereocenters. The van der Waals surface area contributed by atoms with Gasteiger partial charge in [-0.15, -0.1) is 5.10 Å². The minimum Gasteiger partial charge on any atom is -0.480 e. The number of aromatic nitrogens is 3. The van der Waals surface area contributed by atoms with Gasteiger partial charge in [0.1, 0.15) is 19.0 Å². The number of hydrogen-bond donors (Lipinski definition) is 3. The van der Waals surface area contributed by atoms with Gasteiger partial charge in [-0.05, 0) is 11.5 Å². The van der Waals surface area contributed by atoms with Crippen LogP contribution in [0.25, 0.3) is 0 Å². The van der Waals surface area contributed by atoms with Crippen molar-refractivity contribution >= 4 is 29.9 Å². The third-order valence-electron chi connectivity index (χ3n) is 6.77. The van der Waals surface area contributed by atoms with Gasteiger partial charge in [0.05, 0.1) is 18.4 Å². The zero-order valence-electron chi connectivity index (χ0n) is 24.6. The SMILES string of the molecule is CC(C)C(=O)O[C@H]1CO[C@](CC(C)C(NC(=O)OCc2ccccc2)C(=O)O)(n2cnc(C(N)=O)n2)[C@H]1OC(=O)C(C)C. The Hall–Kier alpha value is -4.53. The highest BCUT2D eigenvalue weighted by atomic mass is 16.6. The molecule has 5 atom stereocenters. The van der Waals surface area contributed by atoms with Crippen LogP contribution in [0.5, 0.6) is 0 Å². The third-order valence-corrected chi connectivity index (χ3v) is 6.77. The van der Waals surface area contributed by atoms with E-state index in [1.54, 1.807) is 58.0 Å². The number of nitrogens with two attached hydrogens (primary N) is 1. The number of hydrogen-bond acceptors (Lipinski definition) is 11. The fraction of sp³-hybridized carbons (Fsp3) is 0.536. The van der Waals surface area contributed by atoms with Crippen molar-refractivity contribution in [2.45, 2.75) is 71.6 Å². The summed E-state index contributed by atoms with van der Waals surface area (Å²) >= 11 is 0. The fourth-order valence-corrected chi connectivity index (χ4v) is 4.44. The first-order chi connectivity index (χ1) is 20.2. The lowest BCUT2D eigenvalue weighted by Crippen LogP contribution is -2.54. The lowest BCUT2D eigenvalue weighted by Gasteiger charge is -2.37. The normalized spacial score (nSPS) is 21.2. The number of amides is 2. The zero-order chi connectivity index (χ0) is 31.9. The van der Waals surface area contributed by atoms with Crippen LogP contribution in [0.2, 0.25) is 0 Å². The summed E-state index contributed by atoms with van der Waals surface area (Å²) in [6, 6.07) is 7.30. The van der Waals surface area contributed by atoms with Crippen LogP contribution in [0.1, 0.15) is 57.2 Å². The molecular formula is C28H37N5O10. The third kappa shape index (κ3) is 8.06. The highest BCUT2D eigenvalue weighted by Crippen LogP contribution is 2.41. The Morgan fingerprint density at radius 3 is 2.26 bits per heavy atom. The summed E-state index contributed by atoms with van der Waals surface area (Å²) < 4.78 is 23.9. The maximum atomic E-state index is 12.9. The highest BCUT2D eigenvalue weighted by molar-refractivity contribution is 5.88. The number of ether oxygens (including phenoxy) is 4. The van der Waals surface area contributed by atoms with E-state index >= 15 is 0 Å². The number of primary amides is 1.